The lowest BCUT2D eigenvalue weighted by atomic mass is 9.78. The number of nitrogens with zero attached hydrogens (tertiary/aromatic N) is 1. The summed E-state index contributed by atoms with van der Waals surface area (Å²) in [6.07, 6.45) is 3.24. The smallest absolute Gasteiger partial charge is 0.0826 e. The Hall–Kier alpha value is -2.07. The monoisotopic (exact) mass is 371 g/mol. The zero-order valence-electron chi connectivity index (χ0n) is 18.3. The molecule has 2 aliphatic carbocycles. The van der Waals surface area contributed by atoms with Crippen molar-refractivity contribution in [2.24, 2.45) is 0 Å². The zero-order valence-corrected chi connectivity index (χ0v) is 18.3. The van der Waals surface area contributed by atoms with Gasteiger partial charge in [-0.25, -0.2) is 0 Å². The average Bonchev–Trinajstić information content (AvgIpc) is 3.54. The van der Waals surface area contributed by atoms with E-state index in [1.165, 1.54) is 34.2 Å². The maximum Gasteiger partial charge on any atom is 0.0826 e. The Bertz CT molecular complexity index is 941. The molecule has 2 atom stereocenters. The van der Waals surface area contributed by atoms with Crippen molar-refractivity contribution in [3.8, 4) is 6.07 Å². The van der Waals surface area contributed by atoms with Gasteiger partial charge in [-0.05, 0) is 69.7 Å². The molecule has 2 saturated carbocycles. The molecule has 1 nitrogen and oxygen atoms in total. The van der Waals surface area contributed by atoms with Crippen molar-refractivity contribution < 1.29 is 0 Å². The molecule has 0 heterocycles. The zero-order chi connectivity index (χ0) is 20.3. The maximum atomic E-state index is 9.85. The van der Waals surface area contributed by atoms with Crippen LogP contribution in [-0.2, 0) is 16.2 Å². The van der Waals surface area contributed by atoms with E-state index in [-0.39, 0.29) is 16.2 Å². The molecule has 0 amide bonds. The fourth-order valence-corrected chi connectivity index (χ4v) is 4.82. The SMILES string of the molecule is CC(C)(C)c1ccccc1C1CC1c1ccc(C(C)(C)C)c(C2(C#N)CC2)c1. The van der Waals surface area contributed by atoms with Crippen molar-refractivity contribution >= 4 is 0 Å². The third kappa shape index (κ3) is 3.28. The normalized spacial score (nSPS) is 23.2. The molecule has 0 aliphatic heterocycles. The predicted octanol–water partition coefficient (Wildman–Crippen LogP) is 7.11. The van der Waals surface area contributed by atoms with Crippen molar-refractivity contribution in [1.29, 1.82) is 5.26 Å². The summed E-state index contributed by atoms with van der Waals surface area (Å²) in [5, 5.41) is 9.85. The summed E-state index contributed by atoms with van der Waals surface area (Å²) < 4.78 is 0. The number of hydrogen-bond acceptors (Lipinski definition) is 1. The average molecular weight is 372 g/mol. The Labute approximate surface area is 170 Å². The molecule has 1 heteroatoms. The molecule has 2 fully saturated rings. The fraction of sp³-hybridized carbons (Fsp3) is 0.519. The Morgan fingerprint density at radius 1 is 0.857 bits per heavy atom. The molecular formula is C27H33N. The van der Waals surface area contributed by atoms with E-state index in [0.29, 0.717) is 11.8 Å². The number of hydrogen-bond donors (Lipinski definition) is 0. The summed E-state index contributed by atoms with van der Waals surface area (Å²) in [4.78, 5) is 0. The Morgan fingerprint density at radius 3 is 2.07 bits per heavy atom. The van der Waals surface area contributed by atoms with Crippen LogP contribution in [0.1, 0.15) is 100 Å². The van der Waals surface area contributed by atoms with Crippen molar-refractivity contribution in [2.75, 3.05) is 0 Å². The number of nitriles is 1. The van der Waals surface area contributed by atoms with Gasteiger partial charge in [0.05, 0.1) is 11.5 Å². The molecule has 0 saturated heterocycles. The molecule has 0 bridgehead atoms. The van der Waals surface area contributed by atoms with Gasteiger partial charge in [0, 0.05) is 0 Å². The molecule has 2 aromatic carbocycles. The number of benzene rings is 2. The lowest BCUT2D eigenvalue weighted by molar-refractivity contribution is 0.576. The minimum absolute atomic E-state index is 0.0715. The van der Waals surface area contributed by atoms with Gasteiger partial charge in [-0.1, -0.05) is 84.0 Å². The third-order valence-electron chi connectivity index (χ3n) is 6.72. The molecule has 0 radical (unpaired) electrons. The summed E-state index contributed by atoms with van der Waals surface area (Å²) in [5.41, 5.74) is 7.08. The van der Waals surface area contributed by atoms with E-state index in [0.717, 1.165) is 12.8 Å². The Morgan fingerprint density at radius 2 is 1.50 bits per heavy atom. The van der Waals surface area contributed by atoms with E-state index in [4.69, 9.17) is 0 Å². The minimum Gasteiger partial charge on any atom is -0.197 e. The highest BCUT2D eigenvalue weighted by Gasteiger charge is 2.48. The van der Waals surface area contributed by atoms with Gasteiger partial charge < -0.3 is 0 Å². The van der Waals surface area contributed by atoms with Crippen LogP contribution in [-0.4, -0.2) is 0 Å². The first-order valence-electron chi connectivity index (χ1n) is 10.7. The predicted molar refractivity (Wildman–Crippen MR) is 117 cm³/mol. The summed E-state index contributed by atoms with van der Waals surface area (Å²) in [5.74, 6) is 1.20. The van der Waals surface area contributed by atoms with E-state index in [2.05, 4.69) is 90.1 Å². The van der Waals surface area contributed by atoms with Gasteiger partial charge in [0.15, 0.2) is 0 Å². The van der Waals surface area contributed by atoms with Crippen LogP contribution < -0.4 is 0 Å². The molecule has 0 spiro atoms. The van der Waals surface area contributed by atoms with E-state index in [1.54, 1.807) is 0 Å². The molecule has 2 unspecified atom stereocenters. The number of rotatable bonds is 3. The van der Waals surface area contributed by atoms with Crippen LogP contribution in [0.25, 0.3) is 0 Å². The van der Waals surface area contributed by atoms with E-state index >= 15 is 0 Å². The molecular weight excluding hydrogens is 338 g/mol. The van der Waals surface area contributed by atoms with Gasteiger partial charge in [-0.15, -0.1) is 0 Å². The standard InChI is InChI=1S/C27H33N/c1-25(2,3)22-10-8-7-9-19(22)21-16-20(21)18-11-12-23(26(4,5)6)24(15-18)27(17-28)13-14-27/h7-12,15,20-21H,13-14,16H2,1-6H3. The van der Waals surface area contributed by atoms with Crippen molar-refractivity contribution in [3.63, 3.8) is 0 Å². The highest BCUT2D eigenvalue weighted by molar-refractivity contribution is 5.51. The molecule has 146 valence electrons. The van der Waals surface area contributed by atoms with Gasteiger partial charge in [0.1, 0.15) is 0 Å². The second kappa shape index (κ2) is 6.21. The molecule has 2 aromatic rings. The first-order chi connectivity index (χ1) is 13.1. The van der Waals surface area contributed by atoms with E-state index < -0.39 is 0 Å². The van der Waals surface area contributed by atoms with Crippen LogP contribution in [0.15, 0.2) is 42.5 Å². The van der Waals surface area contributed by atoms with Crippen LogP contribution in [0.4, 0.5) is 0 Å². The topological polar surface area (TPSA) is 23.8 Å². The van der Waals surface area contributed by atoms with Crippen LogP contribution in [0.3, 0.4) is 0 Å². The van der Waals surface area contributed by atoms with Crippen molar-refractivity contribution in [2.45, 2.75) is 88.9 Å². The molecule has 0 aromatic heterocycles. The molecule has 28 heavy (non-hydrogen) atoms. The molecule has 0 N–H and O–H groups in total. The maximum absolute atomic E-state index is 9.85. The van der Waals surface area contributed by atoms with Gasteiger partial charge in [-0.2, -0.15) is 5.26 Å². The minimum atomic E-state index is -0.230. The lowest BCUT2D eigenvalue weighted by Gasteiger charge is -2.26. The van der Waals surface area contributed by atoms with Crippen LogP contribution in [0.2, 0.25) is 0 Å². The van der Waals surface area contributed by atoms with Crippen LogP contribution in [0, 0.1) is 11.3 Å². The Kier molecular flexibility index (Phi) is 4.27. The highest BCUT2D eigenvalue weighted by Crippen LogP contribution is 2.58. The van der Waals surface area contributed by atoms with E-state index in [9.17, 15) is 5.26 Å². The molecule has 4 rings (SSSR count). The highest BCUT2D eigenvalue weighted by atomic mass is 14.5. The van der Waals surface area contributed by atoms with E-state index in [1.807, 2.05) is 0 Å². The summed E-state index contributed by atoms with van der Waals surface area (Å²) in [7, 11) is 0. The summed E-state index contributed by atoms with van der Waals surface area (Å²) >= 11 is 0. The fourth-order valence-electron chi connectivity index (χ4n) is 4.82. The van der Waals surface area contributed by atoms with Crippen LogP contribution in [0.5, 0.6) is 0 Å². The van der Waals surface area contributed by atoms with Crippen LogP contribution >= 0.6 is 0 Å². The van der Waals surface area contributed by atoms with Gasteiger partial charge in [0.25, 0.3) is 0 Å². The quantitative estimate of drug-likeness (QED) is 0.564. The molecule has 2 aliphatic rings. The van der Waals surface area contributed by atoms with Crippen molar-refractivity contribution in [3.05, 3.63) is 70.3 Å². The Balaban J connectivity index is 1.70. The second-order valence-electron chi connectivity index (χ2n) is 11.0. The lowest BCUT2D eigenvalue weighted by Crippen LogP contribution is -2.19. The first kappa shape index (κ1) is 19.3. The van der Waals surface area contributed by atoms with Gasteiger partial charge in [-0.3, -0.25) is 0 Å². The summed E-state index contributed by atoms with van der Waals surface area (Å²) in [6.45, 7) is 13.7. The largest absolute Gasteiger partial charge is 0.197 e. The second-order valence-corrected chi connectivity index (χ2v) is 11.0. The van der Waals surface area contributed by atoms with Gasteiger partial charge >= 0.3 is 0 Å². The van der Waals surface area contributed by atoms with Crippen molar-refractivity contribution in [1.82, 2.24) is 0 Å². The van der Waals surface area contributed by atoms with Gasteiger partial charge in [0.2, 0.25) is 0 Å². The first-order valence-corrected chi connectivity index (χ1v) is 10.7. The summed E-state index contributed by atoms with van der Waals surface area (Å²) in [6, 6.07) is 18.7. The third-order valence-corrected chi connectivity index (χ3v) is 6.72.